The topological polar surface area (TPSA) is 43.8 Å². The zero-order valence-electron chi connectivity index (χ0n) is 10.5. The van der Waals surface area contributed by atoms with Gasteiger partial charge in [-0.25, -0.2) is 4.98 Å². The molecule has 1 saturated carbocycles. The van der Waals surface area contributed by atoms with Crippen LogP contribution in [0, 0.1) is 0 Å². The molecule has 0 radical (unpaired) electrons. The van der Waals surface area contributed by atoms with Gasteiger partial charge in [0, 0.05) is 11.2 Å². The van der Waals surface area contributed by atoms with Crippen LogP contribution in [0.1, 0.15) is 32.0 Å². The standard InChI is InChI=1S/C13H14F3N3/c1-12(5-2-6-12)19-10-4-3-8(17)7-9(10)18-11(19)13(14,15)16/h3-4,7H,2,5-6,17H2,1H3. The second-order valence-corrected chi connectivity index (χ2v) is 5.37. The van der Waals surface area contributed by atoms with Crippen molar-refractivity contribution in [2.75, 3.05) is 5.73 Å². The molecule has 3 rings (SSSR count). The first kappa shape index (κ1) is 12.3. The number of benzene rings is 1. The predicted octanol–water partition coefficient (Wildman–Crippen LogP) is 3.54. The lowest BCUT2D eigenvalue weighted by molar-refractivity contribution is -0.150. The maximum atomic E-state index is 13.2. The Kier molecular flexibility index (Phi) is 2.37. The number of nitrogens with two attached hydrogens (primary N) is 1. The molecule has 0 amide bonds. The Labute approximate surface area is 108 Å². The molecule has 6 heteroatoms. The third-order valence-corrected chi connectivity index (χ3v) is 3.90. The van der Waals surface area contributed by atoms with E-state index in [9.17, 15) is 13.2 Å². The lowest BCUT2D eigenvalue weighted by Gasteiger charge is -2.41. The molecule has 1 aromatic heterocycles. The van der Waals surface area contributed by atoms with Crippen LogP contribution in [0.3, 0.4) is 0 Å². The fraction of sp³-hybridized carbons (Fsp3) is 0.462. The number of imidazole rings is 1. The van der Waals surface area contributed by atoms with E-state index in [0.717, 1.165) is 19.3 Å². The van der Waals surface area contributed by atoms with Gasteiger partial charge < -0.3 is 10.3 Å². The van der Waals surface area contributed by atoms with Crippen LogP contribution in [0.2, 0.25) is 0 Å². The number of aromatic nitrogens is 2. The summed E-state index contributed by atoms with van der Waals surface area (Å²) in [4.78, 5) is 3.75. The number of nitrogen functional groups attached to an aromatic ring is 1. The molecule has 102 valence electrons. The van der Waals surface area contributed by atoms with Crippen LogP contribution in [0.15, 0.2) is 18.2 Å². The van der Waals surface area contributed by atoms with Crippen molar-refractivity contribution >= 4 is 16.7 Å². The number of fused-ring (bicyclic) bond motifs is 1. The van der Waals surface area contributed by atoms with Gasteiger partial charge in [0.15, 0.2) is 0 Å². The second-order valence-electron chi connectivity index (χ2n) is 5.37. The van der Waals surface area contributed by atoms with E-state index >= 15 is 0 Å². The van der Waals surface area contributed by atoms with Crippen LogP contribution in [0.5, 0.6) is 0 Å². The van der Waals surface area contributed by atoms with Crippen molar-refractivity contribution in [3.05, 3.63) is 24.0 Å². The van der Waals surface area contributed by atoms with Crippen molar-refractivity contribution < 1.29 is 13.2 Å². The fourth-order valence-corrected chi connectivity index (χ4v) is 2.75. The van der Waals surface area contributed by atoms with Gasteiger partial charge in [0.2, 0.25) is 5.82 Å². The van der Waals surface area contributed by atoms with Gasteiger partial charge in [-0.1, -0.05) is 0 Å². The normalized spacial score (nSPS) is 18.5. The van der Waals surface area contributed by atoms with Crippen LogP contribution >= 0.6 is 0 Å². The third-order valence-electron chi connectivity index (χ3n) is 3.90. The molecule has 0 unspecified atom stereocenters. The SMILES string of the molecule is CC1(n2c(C(F)(F)F)nc3cc(N)ccc32)CCC1. The minimum atomic E-state index is -4.45. The Bertz CT molecular complexity index is 638. The van der Waals surface area contributed by atoms with Crippen molar-refractivity contribution in [1.29, 1.82) is 0 Å². The smallest absolute Gasteiger partial charge is 0.399 e. The van der Waals surface area contributed by atoms with Crippen molar-refractivity contribution in [2.45, 2.75) is 37.9 Å². The highest BCUT2D eigenvalue weighted by molar-refractivity contribution is 5.80. The number of alkyl halides is 3. The third kappa shape index (κ3) is 1.77. The molecule has 1 heterocycles. The summed E-state index contributed by atoms with van der Waals surface area (Å²) < 4.78 is 40.8. The molecule has 2 aromatic rings. The highest BCUT2D eigenvalue weighted by Gasteiger charge is 2.44. The molecule has 0 saturated heterocycles. The van der Waals surface area contributed by atoms with Crippen molar-refractivity contribution in [3.8, 4) is 0 Å². The summed E-state index contributed by atoms with van der Waals surface area (Å²) in [6.45, 7) is 1.85. The summed E-state index contributed by atoms with van der Waals surface area (Å²) in [5, 5.41) is 0. The summed E-state index contributed by atoms with van der Waals surface area (Å²) in [7, 11) is 0. The summed E-state index contributed by atoms with van der Waals surface area (Å²) in [5.41, 5.74) is 6.36. The maximum absolute atomic E-state index is 13.2. The zero-order chi connectivity index (χ0) is 13.8. The lowest BCUT2D eigenvalue weighted by Crippen LogP contribution is -2.39. The molecule has 0 spiro atoms. The summed E-state index contributed by atoms with van der Waals surface area (Å²) in [6, 6.07) is 4.72. The van der Waals surface area contributed by atoms with Crippen LogP contribution in [0.25, 0.3) is 11.0 Å². The number of halogens is 3. The first-order valence-corrected chi connectivity index (χ1v) is 6.17. The lowest BCUT2D eigenvalue weighted by atomic mass is 9.78. The Morgan fingerprint density at radius 1 is 1.32 bits per heavy atom. The van der Waals surface area contributed by atoms with E-state index < -0.39 is 17.5 Å². The monoisotopic (exact) mass is 269 g/mol. The van der Waals surface area contributed by atoms with Gasteiger partial charge in [-0.3, -0.25) is 0 Å². The quantitative estimate of drug-likeness (QED) is 0.805. The molecule has 0 bridgehead atoms. The van der Waals surface area contributed by atoms with Gasteiger partial charge in [0.25, 0.3) is 0 Å². The maximum Gasteiger partial charge on any atom is 0.449 e. The van der Waals surface area contributed by atoms with Gasteiger partial charge in [-0.05, 0) is 44.4 Å². The van der Waals surface area contributed by atoms with Gasteiger partial charge >= 0.3 is 6.18 Å². The minimum Gasteiger partial charge on any atom is -0.399 e. The number of hydrogen-bond donors (Lipinski definition) is 1. The summed E-state index contributed by atoms with van der Waals surface area (Å²) in [6.07, 6.45) is -2.02. The van der Waals surface area contributed by atoms with Gasteiger partial charge in [-0.15, -0.1) is 0 Å². The summed E-state index contributed by atoms with van der Waals surface area (Å²) in [5.74, 6) is -0.824. The van der Waals surface area contributed by atoms with Crippen molar-refractivity contribution in [1.82, 2.24) is 9.55 Å². The van der Waals surface area contributed by atoms with E-state index in [1.54, 1.807) is 12.1 Å². The average Bonchev–Trinajstić information content (AvgIpc) is 2.64. The Hall–Kier alpha value is -1.72. The van der Waals surface area contributed by atoms with Crippen molar-refractivity contribution in [3.63, 3.8) is 0 Å². The minimum absolute atomic E-state index is 0.306. The molecule has 0 atom stereocenters. The molecule has 3 nitrogen and oxygen atoms in total. The predicted molar refractivity (Wildman–Crippen MR) is 66.6 cm³/mol. The molecule has 1 aromatic carbocycles. The largest absolute Gasteiger partial charge is 0.449 e. The van der Waals surface area contributed by atoms with E-state index in [1.807, 2.05) is 6.92 Å². The molecule has 2 N–H and O–H groups in total. The van der Waals surface area contributed by atoms with Crippen LogP contribution in [0.4, 0.5) is 18.9 Å². The number of anilines is 1. The van der Waals surface area contributed by atoms with Gasteiger partial charge in [0.1, 0.15) is 0 Å². The summed E-state index contributed by atoms with van der Waals surface area (Å²) >= 11 is 0. The average molecular weight is 269 g/mol. The molecule has 1 aliphatic carbocycles. The Balaban J connectivity index is 2.32. The molecule has 1 fully saturated rings. The van der Waals surface area contributed by atoms with Crippen LogP contribution in [-0.2, 0) is 11.7 Å². The van der Waals surface area contributed by atoms with E-state index in [0.29, 0.717) is 16.7 Å². The van der Waals surface area contributed by atoms with Crippen LogP contribution in [-0.4, -0.2) is 9.55 Å². The highest BCUT2D eigenvalue weighted by atomic mass is 19.4. The molecular weight excluding hydrogens is 255 g/mol. The van der Waals surface area contributed by atoms with Gasteiger partial charge in [0.05, 0.1) is 11.0 Å². The highest BCUT2D eigenvalue weighted by Crippen LogP contribution is 2.44. The Morgan fingerprint density at radius 3 is 2.53 bits per heavy atom. The van der Waals surface area contributed by atoms with E-state index in [2.05, 4.69) is 4.98 Å². The Morgan fingerprint density at radius 2 is 2.00 bits per heavy atom. The number of hydrogen-bond acceptors (Lipinski definition) is 2. The molecule has 19 heavy (non-hydrogen) atoms. The second kappa shape index (κ2) is 3.65. The molecule has 1 aliphatic rings. The molecular formula is C13H14F3N3. The number of nitrogens with zero attached hydrogens (tertiary/aromatic N) is 2. The van der Waals surface area contributed by atoms with E-state index in [1.165, 1.54) is 10.6 Å². The zero-order valence-corrected chi connectivity index (χ0v) is 10.5. The van der Waals surface area contributed by atoms with E-state index in [4.69, 9.17) is 5.73 Å². The van der Waals surface area contributed by atoms with Crippen LogP contribution < -0.4 is 5.73 Å². The first-order valence-electron chi connectivity index (χ1n) is 6.17. The first-order chi connectivity index (χ1) is 8.81. The van der Waals surface area contributed by atoms with Gasteiger partial charge in [-0.2, -0.15) is 13.2 Å². The fourth-order valence-electron chi connectivity index (χ4n) is 2.75. The number of rotatable bonds is 1. The molecule has 0 aliphatic heterocycles. The van der Waals surface area contributed by atoms with E-state index in [-0.39, 0.29) is 0 Å². The van der Waals surface area contributed by atoms with Crippen molar-refractivity contribution in [2.24, 2.45) is 0 Å².